The largest absolute Gasteiger partial charge is 0.324 e. The van der Waals surface area contributed by atoms with Gasteiger partial charge in [-0.1, -0.05) is 53.7 Å². The summed E-state index contributed by atoms with van der Waals surface area (Å²) in [7, 11) is 0. The molecule has 36 heavy (non-hydrogen) atoms. The number of carbonyl (C=O) groups excluding carboxylic acids is 1. The van der Waals surface area contributed by atoms with E-state index in [1.54, 1.807) is 22.8 Å². The molecule has 8 nitrogen and oxygen atoms in total. The zero-order valence-corrected chi connectivity index (χ0v) is 21.6. The van der Waals surface area contributed by atoms with Gasteiger partial charge in [-0.3, -0.25) is 24.3 Å². The summed E-state index contributed by atoms with van der Waals surface area (Å²) < 4.78 is 1.64. The van der Waals surface area contributed by atoms with Gasteiger partial charge in [0.2, 0.25) is 5.91 Å². The fourth-order valence-electron chi connectivity index (χ4n) is 4.22. The molecule has 2 aromatic carbocycles. The van der Waals surface area contributed by atoms with E-state index in [0.717, 1.165) is 30.4 Å². The number of aromatic nitrogens is 2. The summed E-state index contributed by atoms with van der Waals surface area (Å²) in [6.45, 7) is 2.03. The lowest BCUT2D eigenvalue weighted by molar-refractivity contribution is -0.384. The maximum atomic E-state index is 13.7. The molecular weight excluding hydrogens is 520 g/mol. The predicted molar refractivity (Wildman–Crippen MR) is 144 cm³/mol. The summed E-state index contributed by atoms with van der Waals surface area (Å²) in [6.07, 6.45) is 2.88. The molecule has 0 bridgehead atoms. The third-order valence-corrected chi connectivity index (χ3v) is 8.65. The van der Waals surface area contributed by atoms with E-state index in [2.05, 4.69) is 5.32 Å². The number of hydrogen-bond acceptors (Lipinski definition) is 7. The van der Waals surface area contributed by atoms with E-state index in [1.807, 2.05) is 30.3 Å². The Bertz CT molecular complexity index is 1550. The highest BCUT2D eigenvalue weighted by Crippen LogP contribution is 2.36. The number of halogens is 1. The lowest BCUT2D eigenvalue weighted by Gasteiger charge is -2.16. The van der Waals surface area contributed by atoms with Crippen molar-refractivity contribution in [3.63, 3.8) is 0 Å². The first kappa shape index (κ1) is 24.5. The van der Waals surface area contributed by atoms with Gasteiger partial charge in [0, 0.05) is 17.0 Å². The Labute approximate surface area is 219 Å². The monoisotopic (exact) mass is 540 g/mol. The van der Waals surface area contributed by atoms with Gasteiger partial charge in [-0.2, -0.15) is 0 Å². The van der Waals surface area contributed by atoms with Gasteiger partial charge in [-0.25, -0.2) is 4.98 Å². The Morgan fingerprint density at radius 3 is 2.81 bits per heavy atom. The maximum absolute atomic E-state index is 13.7. The molecule has 0 saturated carbocycles. The first-order valence-corrected chi connectivity index (χ1v) is 13.4. The van der Waals surface area contributed by atoms with Crippen LogP contribution in [-0.4, -0.2) is 25.6 Å². The van der Waals surface area contributed by atoms with E-state index in [4.69, 9.17) is 16.6 Å². The van der Waals surface area contributed by atoms with Crippen molar-refractivity contribution in [2.24, 2.45) is 0 Å². The second-order valence-corrected chi connectivity index (χ2v) is 11.3. The number of nitrogens with zero attached hydrogens (tertiary/aromatic N) is 3. The van der Waals surface area contributed by atoms with Crippen LogP contribution >= 0.6 is 34.7 Å². The molecule has 1 N–H and O–H groups in total. The number of thiophene rings is 1. The van der Waals surface area contributed by atoms with E-state index in [0.29, 0.717) is 21.9 Å². The normalized spacial score (nSPS) is 13.5. The molecule has 1 aliphatic carbocycles. The molecule has 0 spiro atoms. The van der Waals surface area contributed by atoms with E-state index in [-0.39, 0.29) is 22.0 Å². The highest BCUT2D eigenvalue weighted by molar-refractivity contribution is 8.00. The predicted octanol–water partition coefficient (Wildman–Crippen LogP) is 5.68. The van der Waals surface area contributed by atoms with Crippen LogP contribution in [0.2, 0.25) is 5.02 Å². The molecule has 0 radical (unpaired) electrons. The molecule has 0 saturated heterocycles. The van der Waals surface area contributed by atoms with Crippen molar-refractivity contribution in [3.05, 3.63) is 90.0 Å². The zero-order chi connectivity index (χ0) is 25.4. The molecule has 2 heterocycles. The van der Waals surface area contributed by atoms with Crippen LogP contribution in [-0.2, 0) is 24.2 Å². The average molecular weight is 541 g/mol. The van der Waals surface area contributed by atoms with Crippen molar-refractivity contribution in [3.8, 4) is 0 Å². The van der Waals surface area contributed by atoms with E-state index in [1.165, 1.54) is 34.8 Å². The highest BCUT2D eigenvalue weighted by atomic mass is 35.5. The lowest BCUT2D eigenvalue weighted by atomic mass is 10.2. The molecule has 2 aromatic heterocycles. The number of nitro benzene ring substituents is 1. The van der Waals surface area contributed by atoms with Crippen LogP contribution in [0.15, 0.2) is 58.5 Å². The summed E-state index contributed by atoms with van der Waals surface area (Å²) in [5.74, 6) is -0.406. The molecule has 4 aromatic rings. The van der Waals surface area contributed by atoms with Crippen LogP contribution in [0.4, 0.5) is 11.4 Å². The van der Waals surface area contributed by atoms with Gasteiger partial charge in [0.15, 0.2) is 5.16 Å². The Kier molecular flexibility index (Phi) is 6.83. The van der Waals surface area contributed by atoms with Crippen molar-refractivity contribution in [2.75, 3.05) is 5.32 Å². The van der Waals surface area contributed by atoms with Gasteiger partial charge < -0.3 is 5.32 Å². The summed E-state index contributed by atoms with van der Waals surface area (Å²) in [5, 5.41) is 14.5. The van der Waals surface area contributed by atoms with Gasteiger partial charge in [-0.05, 0) is 43.4 Å². The number of thioether (sulfide) groups is 1. The topological polar surface area (TPSA) is 107 Å². The number of anilines is 1. The molecule has 0 fully saturated rings. The Morgan fingerprint density at radius 2 is 2.06 bits per heavy atom. The van der Waals surface area contributed by atoms with Gasteiger partial charge in [0.05, 0.1) is 32.8 Å². The first-order chi connectivity index (χ1) is 17.3. The number of benzene rings is 2. The fraction of sp³-hybridized carbons (Fsp3) is 0.240. The van der Waals surface area contributed by atoms with Crippen LogP contribution in [0.25, 0.3) is 10.2 Å². The first-order valence-electron chi connectivity index (χ1n) is 11.3. The maximum Gasteiger partial charge on any atom is 0.271 e. The quantitative estimate of drug-likeness (QED) is 0.140. The molecule has 11 heteroatoms. The number of non-ortho nitro benzene ring substituents is 1. The third kappa shape index (κ3) is 4.76. The highest BCUT2D eigenvalue weighted by Gasteiger charge is 2.26. The van der Waals surface area contributed by atoms with Crippen LogP contribution in [0.5, 0.6) is 0 Å². The smallest absolute Gasteiger partial charge is 0.271 e. The standard InChI is InChI=1S/C25H21ClN4O4S2/c1-14(22(31)27-19-12-16(30(33)34)10-11-18(19)26)35-25-28-23-21(17-8-5-9-20(17)36-23)24(32)29(25)13-15-6-3-2-4-7-15/h2-4,6-7,10-12,14H,5,8-9,13H2,1H3,(H,27,31). The van der Waals surface area contributed by atoms with Crippen LogP contribution in [0.3, 0.4) is 0 Å². The Balaban J connectivity index is 1.48. The number of aryl methyl sites for hydroxylation is 2. The fourth-order valence-corrected chi connectivity index (χ4v) is 6.60. The van der Waals surface area contributed by atoms with Gasteiger partial charge in [0.1, 0.15) is 4.83 Å². The number of carbonyl (C=O) groups is 1. The van der Waals surface area contributed by atoms with Crippen LogP contribution < -0.4 is 10.9 Å². The average Bonchev–Trinajstić information content (AvgIpc) is 3.44. The number of fused-ring (bicyclic) bond motifs is 3. The van der Waals surface area contributed by atoms with Crippen molar-refractivity contribution >= 4 is 62.2 Å². The second-order valence-electron chi connectivity index (χ2n) is 8.48. The number of rotatable bonds is 7. The summed E-state index contributed by atoms with van der Waals surface area (Å²) in [5.41, 5.74) is 1.94. The van der Waals surface area contributed by atoms with Gasteiger partial charge in [-0.15, -0.1) is 11.3 Å². The Hall–Kier alpha value is -3.21. The van der Waals surface area contributed by atoms with Crippen molar-refractivity contribution in [2.45, 2.75) is 43.1 Å². The third-order valence-electron chi connectivity index (χ3n) is 6.04. The van der Waals surface area contributed by atoms with Crippen molar-refractivity contribution in [1.29, 1.82) is 0 Å². The molecule has 1 amide bonds. The van der Waals surface area contributed by atoms with E-state index < -0.39 is 16.1 Å². The van der Waals surface area contributed by atoms with Crippen molar-refractivity contribution < 1.29 is 9.72 Å². The number of amides is 1. The molecule has 1 unspecified atom stereocenters. The minimum absolute atomic E-state index is 0.0971. The van der Waals surface area contributed by atoms with E-state index >= 15 is 0 Å². The second kappa shape index (κ2) is 10.0. The zero-order valence-electron chi connectivity index (χ0n) is 19.2. The van der Waals surface area contributed by atoms with E-state index in [9.17, 15) is 19.7 Å². The van der Waals surface area contributed by atoms with Crippen LogP contribution in [0.1, 0.15) is 29.3 Å². The number of nitro groups is 1. The summed E-state index contributed by atoms with van der Waals surface area (Å²) in [4.78, 5) is 44.0. The summed E-state index contributed by atoms with van der Waals surface area (Å²) >= 11 is 8.87. The van der Waals surface area contributed by atoms with Gasteiger partial charge in [0.25, 0.3) is 11.2 Å². The number of nitrogens with one attached hydrogen (secondary N) is 1. The molecule has 184 valence electrons. The van der Waals surface area contributed by atoms with Gasteiger partial charge >= 0.3 is 0 Å². The lowest BCUT2D eigenvalue weighted by Crippen LogP contribution is -2.27. The molecule has 5 rings (SSSR count). The van der Waals surface area contributed by atoms with Crippen molar-refractivity contribution in [1.82, 2.24) is 9.55 Å². The minimum Gasteiger partial charge on any atom is -0.324 e. The summed E-state index contributed by atoms with van der Waals surface area (Å²) in [6, 6.07) is 13.5. The molecule has 1 atom stereocenters. The molecule has 0 aliphatic heterocycles. The Morgan fingerprint density at radius 1 is 1.28 bits per heavy atom. The van der Waals surface area contributed by atoms with Crippen LogP contribution in [0, 0.1) is 10.1 Å². The molecule has 1 aliphatic rings. The SMILES string of the molecule is CC(Sc1nc2sc3c(c2c(=O)n1Cc1ccccc1)CCC3)C(=O)Nc1cc([N+](=O)[O-])ccc1Cl. The molecular formula is C25H21ClN4O4S2. The minimum atomic E-state index is -0.654. The number of hydrogen-bond donors (Lipinski definition) is 1.